The molecule has 0 spiro atoms. The van der Waals surface area contributed by atoms with Crippen molar-refractivity contribution in [3.8, 4) is 5.75 Å². The summed E-state index contributed by atoms with van der Waals surface area (Å²) >= 11 is 7.61. The molecule has 2 aromatic rings. The minimum Gasteiger partial charge on any atom is -0.506 e. The summed E-state index contributed by atoms with van der Waals surface area (Å²) in [5.41, 5.74) is 0.936. The normalized spacial score (nSPS) is 16.6. The van der Waals surface area contributed by atoms with Crippen molar-refractivity contribution in [2.45, 2.75) is 6.54 Å². The van der Waals surface area contributed by atoms with Crippen LogP contribution in [-0.2, 0) is 6.54 Å². The molecule has 20 heavy (non-hydrogen) atoms. The summed E-state index contributed by atoms with van der Waals surface area (Å²) in [6.45, 7) is 4.85. The highest BCUT2D eigenvalue weighted by atomic mass is 35.5. The molecule has 2 heterocycles. The monoisotopic (exact) mass is 308 g/mol. The number of piperazine rings is 1. The number of rotatable bonds is 3. The molecule has 0 atom stereocenters. The molecule has 1 aliphatic heterocycles. The Labute approximate surface area is 128 Å². The van der Waals surface area contributed by atoms with Crippen molar-refractivity contribution in [1.29, 1.82) is 0 Å². The Bertz CT molecular complexity index is 579. The number of benzene rings is 1. The number of thiophene rings is 1. The molecule has 0 aliphatic carbocycles. The van der Waals surface area contributed by atoms with Gasteiger partial charge in [-0.2, -0.15) is 0 Å². The zero-order chi connectivity index (χ0) is 13.9. The molecule has 0 amide bonds. The summed E-state index contributed by atoms with van der Waals surface area (Å²) in [5, 5.41) is 9.90. The third-order valence-corrected chi connectivity index (χ3v) is 4.82. The second kappa shape index (κ2) is 6.04. The SMILES string of the molecule is Oc1ccccc1N1CCN(Cc2ccc(Cl)s2)CC1. The van der Waals surface area contributed by atoms with Gasteiger partial charge in [-0.1, -0.05) is 23.7 Å². The first kappa shape index (κ1) is 13.7. The van der Waals surface area contributed by atoms with Crippen LogP contribution in [0.4, 0.5) is 5.69 Å². The number of aromatic hydroxyl groups is 1. The van der Waals surface area contributed by atoms with Crippen molar-refractivity contribution in [2.75, 3.05) is 31.1 Å². The van der Waals surface area contributed by atoms with E-state index in [1.165, 1.54) is 4.88 Å². The molecule has 5 heteroatoms. The molecule has 3 rings (SSSR count). The van der Waals surface area contributed by atoms with Crippen molar-refractivity contribution in [2.24, 2.45) is 0 Å². The van der Waals surface area contributed by atoms with Crippen molar-refractivity contribution in [1.82, 2.24) is 4.90 Å². The second-order valence-electron chi connectivity index (χ2n) is 4.96. The van der Waals surface area contributed by atoms with Gasteiger partial charge in [0.25, 0.3) is 0 Å². The summed E-state index contributed by atoms with van der Waals surface area (Å²) in [7, 11) is 0. The number of anilines is 1. The van der Waals surface area contributed by atoms with Crippen LogP contribution in [0.3, 0.4) is 0 Å². The van der Waals surface area contributed by atoms with Crippen LogP contribution < -0.4 is 4.90 Å². The van der Waals surface area contributed by atoms with Gasteiger partial charge < -0.3 is 10.0 Å². The second-order valence-corrected chi connectivity index (χ2v) is 6.76. The maximum Gasteiger partial charge on any atom is 0.138 e. The molecule has 106 valence electrons. The third-order valence-electron chi connectivity index (χ3n) is 3.60. The lowest BCUT2D eigenvalue weighted by atomic mass is 10.2. The van der Waals surface area contributed by atoms with E-state index < -0.39 is 0 Å². The fourth-order valence-corrected chi connectivity index (χ4v) is 3.67. The van der Waals surface area contributed by atoms with Crippen LogP contribution in [0.15, 0.2) is 36.4 Å². The Morgan fingerprint density at radius 3 is 2.45 bits per heavy atom. The van der Waals surface area contributed by atoms with Gasteiger partial charge in [-0.25, -0.2) is 0 Å². The predicted octanol–water partition coefficient (Wildman–Crippen LogP) is 3.43. The minimum absolute atomic E-state index is 0.367. The number of nitrogens with zero attached hydrogens (tertiary/aromatic N) is 2. The summed E-state index contributed by atoms with van der Waals surface area (Å²) < 4.78 is 0.854. The number of halogens is 1. The van der Waals surface area contributed by atoms with Crippen LogP contribution in [0, 0.1) is 0 Å². The van der Waals surface area contributed by atoms with E-state index in [0.29, 0.717) is 5.75 Å². The fraction of sp³-hybridized carbons (Fsp3) is 0.333. The highest BCUT2D eigenvalue weighted by Crippen LogP contribution is 2.28. The zero-order valence-corrected chi connectivity index (χ0v) is 12.7. The van der Waals surface area contributed by atoms with E-state index in [1.54, 1.807) is 17.4 Å². The van der Waals surface area contributed by atoms with Gasteiger partial charge in [0.05, 0.1) is 10.0 Å². The Hall–Kier alpha value is -1.23. The van der Waals surface area contributed by atoms with Crippen LogP contribution in [0.5, 0.6) is 5.75 Å². The van der Waals surface area contributed by atoms with Gasteiger partial charge in [0.2, 0.25) is 0 Å². The Morgan fingerprint density at radius 2 is 1.80 bits per heavy atom. The average Bonchev–Trinajstić information content (AvgIpc) is 2.86. The lowest BCUT2D eigenvalue weighted by molar-refractivity contribution is 0.251. The van der Waals surface area contributed by atoms with Crippen LogP contribution in [0.1, 0.15) is 4.88 Å². The Kier molecular flexibility index (Phi) is 4.15. The van der Waals surface area contributed by atoms with Crippen LogP contribution in [0.2, 0.25) is 4.34 Å². The number of para-hydroxylation sites is 2. The molecule has 1 aromatic carbocycles. The van der Waals surface area contributed by atoms with E-state index in [-0.39, 0.29) is 0 Å². The number of hydrogen-bond donors (Lipinski definition) is 1. The molecule has 0 bridgehead atoms. The molecule has 1 saturated heterocycles. The van der Waals surface area contributed by atoms with Crippen molar-refractivity contribution in [3.05, 3.63) is 45.6 Å². The first-order valence-electron chi connectivity index (χ1n) is 6.72. The maximum absolute atomic E-state index is 9.90. The van der Waals surface area contributed by atoms with Crippen LogP contribution in [0.25, 0.3) is 0 Å². The largest absolute Gasteiger partial charge is 0.506 e. The molecule has 1 N–H and O–H groups in total. The molecule has 0 unspecified atom stereocenters. The van der Waals surface area contributed by atoms with Crippen LogP contribution >= 0.6 is 22.9 Å². The van der Waals surface area contributed by atoms with E-state index in [4.69, 9.17) is 11.6 Å². The minimum atomic E-state index is 0.367. The zero-order valence-electron chi connectivity index (χ0n) is 11.1. The molecule has 0 saturated carbocycles. The molecular weight excluding hydrogens is 292 g/mol. The van der Waals surface area contributed by atoms with Gasteiger partial charge >= 0.3 is 0 Å². The summed E-state index contributed by atoms with van der Waals surface area (Å²) in [6.07, 6.45) is 0. The number of phenolic OH excluding ortho intramolecular Hbond substituents is 1. The molecule has 3 nitrogen and oxygen atoms in total. The average molecular weight is 309 g/mol. The van der Waals surface area contributed by atoms with Crippen LogP contribution in [-0.4, -0.2) is 36.2 Å². The van der Waals surface area contributed by atoms with E-state index in [1.807, 2.05) is 24.3 Å². The molecular formula is C15H17ClN2OS. The first-order valence-corrected chi connectivity index (χ1v) is 7.91. The fourth-order valence-electron chi connectivity index (χ4n) is 2.54. The van der Waals surface area contributed by atoms with Crippen molar-refractivity contribution < 1.29 is 5.11 Å². The van der Waals surface area contributed by atoms with E-state index in [0.717, 1.165) is 42.7 Å². The van der Waals surface area contributed by atoms with Gasteiger partial charge in [0.1, 0.15) is 5.75 Å². The Balaban J connectivity index is 1.58. The van der Waals surface area contributed by atoms with Crippen molar-refractivity contribution in [3.63, 3.8) is 0 Å². The quantitative estimate of drug-likeness (QED) is 0.941. The van der Waals surface area contributed by atoms with Gasteiger partial charge in [-0.05, 0) is 24.3 Å². The van der Waals surface area contributed by atoms with Crippen molar-refractivity contribution >= 4 is 28.6 Å². The van der Waals surface area contributed by atoms with Gasteiger partial charge in [0, 0.05) is 37.6 Å². The number of hydrogen-bond acceptors (Lipinski definition) is 4. The summed E-state index contributed by atoms with van der Waals surface area (Å²) in [4.78, 5) is 5.98. The van der Waals surface area contributed by atoms with E-state index in [2.05, 4.69) is 15.9 Å². The summed E-state index contributed by atoms with van der Waals surface area (Å²) in [6, 6.07) is 11.6. The smallest absolute Gasteiger partial charge is 0.138 e. The molecule has 0 radical (unpaired) electrons. The van der Waals surface area contributed by atoms with E-state index in [9.17, 15) is 5.11 Å². The highest BCUT2D eigenvalue weighted by molar-refractivity contribution is 7.16. The topological polar surface area (TPSA) is 26.7 Å². The van der Waals surface area contributed by atoms with Gasteiger partial charge in [-0.15, -0.1) is 11.3 Å². The highest BCUT2D eigenvalue weighted by Gasteiger charge is 2.19. The van der Waals surface area contributed by atoms with Gasteiger partial charge in [0.15, 0.2) is 0 Å². The first-order chi connectivity index (χ1) is 9.72. The summed E-state index contributed by atoms with van der Waals surface area (Å²) in [5.74, 6) is 0.367. The standard InChI is InChI=1S/C15H17ClN2OS/c16-15-6-5-12(20-15)11-17-7-9-18(10-8-17)13-3-1-2-4-14(13)19/h1-6,19H,7-11H2. The van der Waals surface area contributed by atoms with Gasteiger partial charge in [-0.3, -0.25) is 4.90 Å². The lowest BCUT2D eigenvalue weighted by Gasteiger charge is -2.36. The molecule has 1 fully saturated rings. The molecule has 1 aliphatic rings. The third kappa shape index (κ3) is 3.08. The number of phenols is 1. The van der Waals surface area contributed by atoms with E-state index >= 15 is 0 Å². The predicted molar refractivity (Wildman–Crippen MR) is 84.9 cm³/mol. The Morgan fingerprint density at radius 1 is 1.05 bits per heavy atom. The maximum atomic E-state index is 9.90. The molecule has 1 aromatic heterocycles. The lowest BCUT2D eigenvalue weighted by Crippen LogP contribution is -2.45.